The molecule has 6 heteroatoms. The second kappa shape index (κ2) is 9.74. The zero-order valence-corrected chi connectivity index (χ0v) is 15.2. The third-order valence-corrected chi connectivity index (χ3v) is 4.38. The monoisotopic (exact) mass is 358 g/mol. The van der Waals surface area contributed by atoms with Crippen LogP contribution in [0.5, 0.6) is 5.75 Å². The van der Waals surface area contributed by atoms with Gasteiger partial charge in [-0.25, -0.2) is 0 Å². The van der Waals surface area contributed by atoms with Crippen LogP contribution in [0.3, 0.4) is 0 Å². The number of carbonyl (C=O) groups excluding carboxylic acids is 2. The zero-order valence-electron chi connectivity index (χ0n) is 14.4. The smallest absolute Gasteiger partial charge is 0.234 e. The maximum atomic E-state index is 11.8. The minimum Gasteiger partial charge on any atom is -0.497 e. The van der Waals surface area contributed by atoms with Gasteiger partial charge in [-0.05, 0) is 36.8 Å². The van der Waals surface area contributed by atoms with Crippen molar-refractivity contribution in [2.45, 2.75) is 13.5 Å². The fraction of sp³-hybridized carbons (Fsp3) is 0.263. The van der Waals surface area contributed by atoms with Crippen molar-refractivity contribution in [3.05, 3.63) is 59.7 Å². The third kappa shape index (κ3) is 6.89. The molecular formula is C19H22N2O3S. The highest BCUT2D eigenvalue weighted by molar-refractivity contribution is 8.00. The molecule has 2 aromatic rings. The average molecular weight is 358 g/mol. The Balaban J connectivity index is 1.64. The van der Waals surface area contributed by atoms with Crippen LogP contribution >= 0.6 is 11.8 Å². The summed E-state index contributed by atoms with van der Waals surface area (Å²) in [4.78, 5) is 23.7. The van der Waals surface area contributed by atoms with E-state index in [1.165, 1.54) is 11.8 Å². The normalized spacial score (nSPS) is 10.2. The topological polar surface area (TPSA) is 67.4 Å². The molecule has 2 amide bonds. The zero-order chi connectivity index (χ0) is 18.1. The van der Waals surface area contributed by atoms with Crippen molar-refractivity contribution in [1.82, 2.24) is 5.32 Å². The van der Waals surface area contributed by atoms with Gasteiger partial charge in [0.25, 0.3) is 0 Å². The summed E-state index contributed by atoms with van der Waals surface area (Å²) in [5, 5.41) is 5.64. The van der Waals surface area contributed by atoms with Crippen LogP contribution in [0.4, 0.5) is 5.69 Å². The van der Waals surface area contributed by atoms with Gasteiger partial charge < -0.3 is 15.4 Å². The average Bonchev–Trinajstić information content (AvgIpc) is 2.62. The Morgan fingerprint density at radius 1 is 0.960 bits per heavy atom. The fourth-order valence-electron chi connectivity index (χ4n) is 2.07. The number of hydrogen-bond acceptors (Lipinski definition) is 4. The molecule has 132 valence electrons. The van der Waals surface area contributed by atoms with E-state index in [9.17, 15) is 9.59 Å². The van der Waals surface area contributed by atoms with Gasteiger partial charge in [-0.3, -0.25) is 9.59 Å². The van der Waals surface area contributed by atoms with Crippen molar-refractivity contribution in [3.8, 4) is 5.75 Å². The SMILES string of the molecule is COc1ccc(CNC(=O)CSCC(=O)Nc2ccc(C)cc2)cc1. The van der Waals surface area contributed by atoms with Crippen LogP contribution < -0.4 is 15.4 Å². The van der Waals surface area contributed by atoms with Crippen molar-refractivity contribution in [2.75, 3.05) is 23.9 Å². The van der Waals surface area contributed by atoms with Gasteiger partial charge in [0.1, 0.15) is 5.75 Å². The number of anilines is 1. The molecule has 0 spiro atoms. The lowest BCUT2D eigenvalue weighted by molar-refractivity contribution is -0.118. The quantitative estimate of drug-likeness (QED) is 0.761. The van der Waals surface area contributed by atoms with Crippen molar-refractivity contribution in [2.24, 2.45) is 0 Å². The number of hydrogen-bond donors (Lipinski definition) is 2. The van der Waals surface area contributed by atoms with E-state index in [1.807, 2.05) is 55.5 Å². The molecule has 0 radical (unpaired) electrons. The van der Waals surface area contributed by atoms with E-state index in [-0.39, 0.29) is 23.3 Å². The van der Waals surface area contributed by atoms with E-state index < -0.39 is 0 Å². The van der Waals surface area contributed by atoms with Gasteiger partial charge in [-0.1, -0.05) is 29.8 Å². The Morgan fingerprint density at radius 3 is 2.24 bits per heavy atom. The van der Waals surface area contributed by atoms with Gasteiger partial charge in [-0.15, -0.1) is 11.8 Å². The predicted octanol–water partition coefficient (Wildman–Crippen LogP) is 2.99. The summed E-state index contributed by atoms with van der Waals surface area (Å²) in [6.07, 6.45) is 0. The van der Waals surface area contributed by atoms with Crippen LogP contribution in [0.2, 0.25) is 0 Å². The van der Waals surface area contributed by atoms with E-state index in [1.54, 1.807) is 7.11 Å². The van der Waals surface area contributed by atoms with Crippen LogP contribution in [0.25, 0.3) is 0 Å². The summed E-state index contributed by atoms with van der Waals surface area (Å²) in [6, 6.07) is 15.1. The summed E-state index contributed by atoms with van der Waals surface area (Å²) in [5.41, 5.74) is 2.90. The van der Waals surface area contributed by atoms with Gasteiger partial charge >= 0.3 is 0 Å². The number of ether oxygens (including phenoxy) is 1. The van der Waals surface area contributed by atoms with E-state index in [2.05, 4.69) is 10.6 Å². The second-order valence-electron chi connectivity index (χ2n) is 5.53. The second-order valence-corrected chi connectivity index (χ2v) is 6.52. The number of nitrogens with one attached hydrogen (secondary N) is 2. The molecule has 0 heterocycles. The number of benzene rings is 2. The molecule has 2 N–H and O–H groups in total. The minimum atomic E-state index is -0.114. The molecule has 2 rings (SSSR count). The van der Waals surface area contributed by atoms with E-state index in [0.717, 1.165) is 22.6 Å². The fourth-order valence-corrected chi connectivity index (χ4v) is 2.71. The van der Waals surface area contributed by atoms with E-state index in [0.29, 0.717) is 6.54 Å². The molecule has 0 aromatic heterocycles. The molecule has 0 saturated carbocycles. The maximum Gasteiger partial charge on any atom is 0.234 e. The molecule has 2 aromatic carbocycles. The minimum absolute atomic E-state index is 0.0936. The first-order valence-electron chi connectivity index (χ1n) is 7.90. The molecule has 0 aliphatic rings. The summed E-state index contributed by atoms with van der Waals surface area (Å²) in [6.45, 7) is 2.45. The van der Waals surface area contributed by atoms with Crippen molar-refractivity contribution in [1.29, 1.82) is 0 Å². The lowest BCUT2D eigenvalue weighted by atomic mass is 10.2. The molecule has 25 heavy (non-hydrogen) atoms. The van der Waals surface area contributed by atoms with Gasteiger partial charge in [0, 0.05) is 12.2 Å². The van der Waals surface area contributed by atoms with Gasteiger partial charge in [0.15, 0.2) is 0 Å². The number of amides is 2. The van der Waals surface area contributed by atoms with Gasteiger partial charge in [0.05, 0.1) is 18.6 Å². The van der Waals surface area contributed by atoms with E-state index in [4.69, 9.17) is 4.74 Å². The molecule has 0 aliphatic heterocycles. The third-order valence-electron chi connectivity index (χ3n) is 3.45. The number of rotatable bonds is 8. The lowest BCUT2D eigenvalue weighted by Gasteiger charge is -2.07. The van der Waals surface area contributed by atoms with Crippen LogP contribution in [-0.4, -0.2) is 30.4 Å². The Labute approximate surface area is 152 Å². The van der Waals surface area contributed by atoms with Crippen molar-refractivity contribution in [3.63, 3.8) is 0 Å². The summed E-state index contributed by atoms with van der Waals surface area (Å²) in [7, 11) is 1.61. The largest absolute Gasteiger partial charge is 0.497 e. The Hall–Kier alpha value is -2.47. The first-order chi connectivity index (χ1) is 12.1. The Bertz CT molecular complexity index is 700. The first-order valence-corrected chi connectivity index (χ1v) is 9.06. The predicted molar refractivity (Wildman–Crippen MR) is 102 cm³/mol. The van der Waals surface area contributed by atoms with Crippen LogP contribution in [0.1, 0.15) is 11.1 Å². The molecule has 0 bridgehead atoms. The molecular weight excluding hydrogens is 336 g/mol. The summed E-state index contributed by atoms with van der Waals surface area (Å²) in [5.74, 6) is 1.06. The first kappa shape index (κ1) is 18.9. The Kier molecular flexibility index (Phi) is 7.35. The van der Waals surface area contributed by atoms with Crippen LogP contribution in [0.15, 0.2) is 48.5 Å². The number of methoxy groups -OCH3 is 1. The molecule has 0 atom stereocenters. The van der Waals surface area contributed by atoms with Gasteiger partial charge in [0.2, 0.25) is 11.8 Å². The number of carbonyl (C=O) groups is 2. The summed E-state index contributed by atoms with van der Waals surface area (Å²) < 4.78 is 5.09. The lowest BCUT2D eigenvalue weighted by Crippen LogP contribution is -2.25. The highest BCUT2D eigenvalue weighted by Gasteiger charge is 2.06. The van der Waals surface area contributed by atoms with Gasteiger partial charge in [-0.2, -0.15) is 0 Å². The van der Waals surface area contributed by atoms with E-state index >= 15 is 0 Å². The standard InChI is InChI=1S/C19H22N2O3S/c1-14-3-7-16(8-4-14)21-19(23)13-25-12-18(22)20-11-15-5-9-17(24-2)10-6-15/h3-10H,11-13H2,1-2H3,(H,20,22)(H,21,23). The molecule has 0 unspecified atom stereocenters. The highest BCUT2D eigenvalue weighted by Crippen LogP contribution is 2.11. The molecule has 0 saturated heterocycles. The molecule has 5 nitrogen and oxygen atoms in total. The number of thioether (sulfide) groups is 1. The van der Waals surface area contributed by atoms with Crippen molar-refractivity contribution < 1.29 is 14.3 Å². The van der Waals surface area contributed by atoms with Crippen molar-refractivity contribution >= 4 is 29.3 Å². The summed E-state index contributed by atoms with van der Waals surface area (Å²) >= 11 is 1.29. The molecule has 0 aliphatic carbocycles. The number of aryl methyl sites for hydroxylation is 1. The van der Waals surface area contributed by atoms with Crippen LogP contribution in [-0.2, 0) is 16.1 Å². The maximum absolute atomic E-state index is 11.8. The Morgan fingerprint density at radius 2 is 1.60 bits per heavy atom. The molecule has 0 fully saturated rings. The highest BCUT2D eigenvalue weighted by atomic mass is 32.2. The van der Waals surface area contributed by atoms with Crippen LogP contribution in [0, 0.1) is 6.92 Å².